The zero-order chi connectivity index (χ0) is 12.8. The van der Waals surface area contributed by atoms with Crippen LogP contribution in [0.15, 0.2) is 6.20 Å². The van der Waals surface area contributed by atoms with Crippen LogP contribution in [0.3, 0.4) is 0 Å². The van der Waals surface area contributed by atoms with Gasteiger partial charge in [0, 0.05) is 12.3 Å². The predicted molar refractivity (Wildman–Crippen MR) is 76.9 cm³/mol. The lowest BCUT2D eigenvalue weighted by molar-refractivity contribution is 0.527. The van der Waals surface area contributed by atoms with E-state index in [1.54, 1.807) is 6.20 Å². The van der Waals surface area contributed by atoms with E-state index in [4.69, 9.17) is 11.6 Å². The van der Waals surface area contributed by atoms with Crippen LogP contribution >= 0.6 is 23.4 Å². The van der Waals surface area contributed by atoms with Crippen molar-refractivity contribution >= 4 is 23.4 Å². The van der Waals surface area contributed by atoms with E-state index in [1.807, 2.05) is 16.4 Å². The lowest BCUT2D eigenvalue weighted by Gasteiger charge is -2.20. The summed E-state index contributed by atoms with van der Waals surface area (Å²) in [5, 5.41) is 9.19. The average molecular weight is 276 g/mol. The Morgan fingerprint density at radius 3 is 2.71 bits per heavy atom. The number of aryl methyl sites for hydroxylation is 1. The van der Waals surface area contributed by atoms with Gasteiger partial charge >= 0.3 is 0 Å². The van der Waals surface area contributed by atoms with Gasteiger partial charge in [-0.2, -0.15) is 16.9 Å². The molecule has 1 rings (SSSR count). The van der Waals surface area contributed by atoms with Gasteiger partial charge in [0.1, 0.15) is 0 Å². The van der Waals surface area contributed by atoms with Crippen LogP contribution in [0.2, 0.25) is 5.02 Å². The highest BCUT2D eigenvalue weighted by Gasteiger charge is 2.19. The van der Waals surface area contributed by atoms with Crippen molar-refractivity contribution in [3.63, 3.8) is 0 Å². The summed E-state index contributed by atoms with van der Waals surface area (Å²) in [6, 6.07) is 0.280. The van der Waals surface area contributed by atoms with E-state index in [1.165, 1.54) is 0 Å². The van der Waals surface area contributed by atoms with Crippen molar-refractivity contribution in [1.82, 2.24) is 15.1 Å². The third-order valence-electron chi connectivity index (χ3n) is 2.51. The minimum atomic E-state index is 0.280. The maximum atomic E-state index is 6.24. The monoisotopic (exact) mass is 275 g/mol. The van der Waals surface area contributed by atoms with Gasteiger partial charge in [-0.3, -0.25) is 4.68 Å². The second kappa shape index (κ2) is 7.29. The normalized spacial score (nSPS) is 13.3. The lowest BCUT2D eigenvalue weighted by Crippen LogP contribution is -2.26. The Bertz CT molecular complexity index is 338. The van der Waals surface area contributed by atoms with Gasteiger partial charge in [0.2, 0.25) is 0 Å². The summed E-state index contributed by atoms with van der Waals surface area (Å²) >= 11 is 8.18. The van der Waals surface area contributed by atoms with Crippen LogP contribution in [0.25, 0.3) is 0 Å². The SMILES string of the molecule is CCNC(CSC(C)C)c1c(Cl)cnn1CC. The first-order chi connectivity index (χ1) is 8.10. The molecule has 0 fully saturated rings. The standard InChI is InChI=1S/C12H22ClN3S/c1-5-14-11(8-17-9(3)4)12-10(13)7-15-16(12)6-2/h7,9,11,14H,5-6,8H2,1-4H3. The summed E-state index contributed by atoms with van der Waals surface area (Å²) in [4.78, 5) is 0. The molecule has 0 saturated heterocycles. The molecule has 1 unspecified atom stereocenters. The van der Waals surface area contributed by atoms with E-state index >= 15 is 0 Å². The minimum absolute atomic E-state index is 0.280. The first-order valence-electron chi connectivity index (χ1n) is 6.16. The van der Waals surface area contributed by atoms with Crippen LogP contribution in [0, 0.1) is 0 Å². The summed E-state index contributed by atoms with van der Waals surface area (Å²) in [7, 11) is 0. The molecule has 1 atom stereocenters. The third-order valence-corrected chi connectivity index (χ3v) is 3.99. The number of nitrogens with one attached hydrogen (secondary N) is 1. The Labute approximate surface area is 113 Å². The van der Waals surface area contributed by atoms with Crippen molar-refractivity contribution < 1.29 is 0 Å². The molecule has 17 heavy (non-hydrogen) atoms. The lowest BCUT2D eigenvalue weighted by atomic mass is 10.2. The van der Waals surface area contributed by atoms with Gasteiger partial charge in [0.05, 0.1) is 23.0 Å². The molecule has 3 nitrogen and oxygen atoms in total. The zero-order valence-electron chi connectivity index (χ0n) is 11.0. The Hall–Kier alpha value is -0.190. The topological polar surface area (TPSA) is 29.9 Å². The highest BCUT2D eigenvalue weighted by Crippen LogP contribution is 2.27. The second-order valence-electron chi connectivity index (χ2n) is 4.19. The zero-order valence-corrected chi connectivity index (χ0v) is 12.6. The van der Waals surface area contributed by atoms with Crippen LogP contribution < -0.4 is 5.32 Å². The summed E-state index contributed by atoms with van der Waals surface area (Å²) in [6.07, 6.45) is 1.74. The molecular weight excluding hydrogens is 254 g/mol. The molecule has 0 bridgehead atoms. The van der Waals surface area contributed by atoms with E-state index in [2.05, 4.69) is 38.1 Å². The predicted octanol–water partition coefficient (Wildman–Crippen LogP) is 3.35. The molecule has 0 radical (unpaired) electrons. The van der Waals surface area contributed by atoms with Gasteiger partial charge in [-0.1, -0.05) is 32.4 Å². The maximum Gasteiger partial charge on any atom is 0.0834 e. The van der Waals surface area contributed by atoms with E-state index in [0.717, 1.165) is 29.6 Å². The van der Waals surface area contributed by atoms with Crippen LogP contribution in [-0.4, -0.2) is 27.3 Å². The van der Waals surface area contributed by atoms with Gasteiger partial charge in [-0.15, -0.1) is 0 Å². The molecule has 1 heterocycles. The molecule has 1 aromatic heterocycles. The van der Waals surface area contributed by atoms with Gasteiger partial charge in [-0.25, -0.2) is 0 Å². The van der Waals surface area contributed by atoms with E-state index in [0.29, 0.717) is 5.25 Å². The van der Waals surface area contributed by atoms with Crippen molar-refractivity contribution in [3.05, 3.63) is 16.9 Å². The molecule has 0 spiro atoms. The van der Waals surface area contributed by atoms with Crippen molar-refractivity contribution in [2.45, 2.75) is 45.5 Å². The van der Waals surface area contributed by atoms with Crippen molar-refractivity contribution in [2.75, 3.05) is 12.3 Å². The summed E-state index contributed by atoms with van der Waals surface area (Å²) in [6.45, 7) is 10.4. The maximum absolute atomic E-state index is 6.24. The van der Waals surface area contributed by atoms with Crippen molar-refractivity contribution in [1.29, 1.82) is 0 Å². The van der Waals surface area contributed by atoms with E-state index in [9.17, 15) is 0 Å². The summed E-state index contributed by atoms with van der Waals surface area (Å²) < 4.78 is 1.98. The Kier molecular flexibility index (Phi) is 6.38. The summed E-state index contributed by atoms with van der Waals surface area (Å²) in [5.41, 5.74) is 1.11. The largest absolute Gasteiger partial charge is 0.308 e. The fourth-order valence-electron chi connectivity index (χ4n) is 1.74. The van der Waals surface area contributed by atoms with Gasteiger partial charge < -0.3 is 5.32 Å². The van der Waals surface area contributed by atoms with Crippen LogP contribution in [-0.2, 0) is 6.54 Å². The molecule has 1 aromatic rings. The second-order valence-corrected chi connectivity index (χ2v) is 6.20. The van der Waals surface area contributed by atoms with Gasteiger partial charge in [-0.05, 0) is 18.7 Å². The van der Waals surface area contributed by atoms with Crippen LogP contribution in [0.5, 0.6) is 0 Å². The fraction of sp³-hybridized carbons (Fsp3) is 0.750. The molecule has 0 amide bonds. The van der Waals surface area contributed by atoms with Crippen molar-refractivity contribution in [3.8, 4) is 0 Å². The highest BCUT2D eigenvalue weighted by molar-refractivity contribution is 7.99. The summed E-state index contributed by atoms with van der Waals surface area (Å²) in [5.74, 6) is 1.02. The number of thioether (sulfide) groups is 1. The van der Waals surface area contributed by atoms with E-state index in [-0.39, 0.29) is 6.04 Å². The number of hydrogen-bond acceptors (Lipinski definition) is 3. The quantitative estimate of drug-likeness (QED) is 0.828. The van der Waals surface area contributed by atoms with E-state index < -0.39 is 0 Å². The molecule has 0 saturated carbocycles. The molecule has 0 aliphatic rings. The fourth-order valence-corrected chi connectivity index (χ4v) is 2.87. The van der Waals surface area contributed by atoms with Crippen LogP contribution in [0.1, 0.15) is 39.4 Å². The molecule has 1 N–H and O–H groups in total. The van der Waals surface area contributed by atoms with Crippen molar-refractivity contribution in [2.24, 2.45) is 0 Å². The smallest absolute Gasteiger partial charge is 0.0834 e. The molecule has 5 heteroatoms. The molecule has 0 aliphatic heterocycles. The number of hydrogen-bond donors (Lipinski definition) is 1. The number of halogens is 1. The molecule has 0 aliphatic carbocycles. The Morgan fingerprint density at radius 1 is 1.47 bits per heavy atom. The first-order valence-corrected chi connectivity index (χ1v) is 7.58. The van der Waals surface area contributed by atoms with Gasteiger partial charge in [0.15, 0.2) is 0 Å². The van der Waals surface area contributed by atoms with Crippen LogP contribution in [0.4, 0.5) is 0 Å². The number of aromatic nitrogens is 2. The number of rotatable bonds is 7. The average Bonchev–Trinajstić information content (AvgIpc) is 2.65. The number of nitrogens with zero attached hydrogens (tertiary/aromatic N) is 2. The highest BCUT2D eigenvalue weighted by atomic mass is 35.5. The molecule has 98 valence electrons. The molecule has 0 aromatic carbocycles. The van der Waals surface area contributed by atoms with Gasteiger partial charge in [0.25, 0.3) is 0 Å². The minimum Gasteiger partial charge on any atom is -0.308 e. The first kappa shape index (κ1) is 14.9. The Balaban J connectivity index is 2.84. The molecular formula is C12H22ClN3S. The third kappa shape index (κ3) is 4.19. The Morgan fingerprint density at radius 2 is 2.18 bits per heavy atom.